The maximum absolute atomic E-state index is 4.25. The van der Waals surface area contributed by atoms with E-state index < -0.39 is 0 Å². The highest BCUT2D eigenvalue weighted by molar-refractivity contribution is 5.73. The third-order valence-electron chi connectivity index (χ3n) is 2.96. The average molecular weight is 266 g/mol. The zero-order valence-electron chi connectivity index (χ0n) is 11.1. The van der Waals surface area contributed by atoms with Crippen LogP contribution in [-0.4, -0.2) is 24.7 Å². The molecule has 0 radical (unpaired) electrons. The lowest BCUT2D eigenvalue weighted by Crippen LogP contribution is -2.04. The van der Waals surface area contributed by atoms with Gasteiger partial charge < -0.3 is 9.88 Å². The van der Waals surface area contributed by atoms with Gasteiger partial charge in [-0.25, -0.2) is 0 Å². The molecule has 1 N–H and O–H groups in total. The van der Waals surface area contributed by atoms with Crippen molar-refractivity contribution >= 4 is 5.69 Å². The number of anilines is 1. The highest BCUT2D eigenvalue weighted by atomic mass is 15.2. The fraction of sp³-hybridized carbons (Fsp3) is 0.143. The van der Waals surface area contributed by atoms with Crippen LogP contribution in [0, 0.1) is 0 Å². The molecule has 0 spiro atoms. The van der Waals surface area contributed by atoms with Gasteiger partial charge in [-0.1, -0.05) is 12.1 Å². The van der Waals surface area contributed by atoms with Crippen LogP contribution < -0.4 is 5.32 Å². The van der Waals surface area contributed by atoms with E-state index in [-0.39, 0.29) is 0 Å². The van der Waals surface area contributed by atoms with E-state index in [0.717, 1.165) is 22.8 Å². The van der Waals surface area contributed by atoms with Gasteiger partial charge in [0, 0.05) is 30.7 Å². The summed E-state index contributed by atoms with van der Waals surface area (Å²) in [4.78, 5) is 8.30. The summed E-state index contributed by atoms with van der Waals surface area (Å²) in [6, 6.07) is 8.00. The molecule has 0 saturated carbocycles. The number of hydrogen-bond donors (Lipinski definition) is 1. The van der Waals surface area contributed by atoms with Crippen molar-refractivity contribution in [1.82, 2.24) is 24.7 Å². The molecule has 3 rings (SSSR count). The van der Waals surface area contributed by atoms with Crippen molar-refractivity contribution in [2.24, 2.45) is 7.05 Å². The van der Waals surface area contributed by atoms with E-state index in [9.17, 15) is 0 Å². The Morgan fingerprint density at radius 1 is 1.20 bits per heavy atom. The van der Waals surface area contributed by atoms with Crippen LogP contribution in [0.15, 0.2) is 49.2 Å². The van der Waals surface area contributed by atoms with Gasteiger partial charge in [-0.05, 0) is 12.1 Å². The summed E-state index contributed by atoms with van der Waals surface area (Å²) in [7, 11) is 1.93. The number of aromatic nitrogens is 5. The first-order chi connectivity index (χ1) is 9.84. The fourth-order valence-corrected chi connectivity index (χ4v) is 1.97. The van der Waals surface area contributed by atoms with Crippen LogP contribution in [0.1, 0.15) is 5.69 Å². The molecule has 100 valence electrons. The summed E-state index contributed by atoms with van der Waals surface area (Å²) in [6.07, 6.45) is 6.79. The lowest BCUT2D eigenvalue weighted by atomic mass is 10.1. The molecule has 0 fully saturated rings. The molecule has 0 aliphatic rings. The number of hydrogen-bond acceptors (Lipinski definition) is 5. The maximum Gasteiger partial charge on any atom is 0.165 e. The Morgan fingerprint density at radius 2 is 2.10 bits per heavy atom. The fourth-order valence-electron chi connectivity index (χ4n) is 1.97. The molecule has 2 aromatic heterocycles. The molecule has 2 heterocycles. The van der Waals surface area contributed by atoms with E-state index >= 15 is 0 Å². The Balaban J connectivity index is 1.86. The molecular weight excluding hydrogens is 252 g/mol. The van der Waals surface area contributed by atoms with Crippen LogP contribution in [0.5, 0.6) is 0 Å². The van der Waals surface area contributed by atoms with Crippen molar-refractivity contribution in [2.45, 2.75) is 6.54 Å². The first-order valence-corrected chi connectivity index (χ1v) is 6.27. The Kier molecular flexibility index (Phi) is 3.36. The summed E-state index contributed by atoms with van der Waals surface area (Å²) in [6.45, 7) is 0.614. The average Bonchev–Trinajstić information content (AvgIpc) is 2.92. The number of aryl methyl sites for hydroxylation is 1. The Labute approximate surface area is 116 Å². The SMILES string of the molecule is Cn1cnnc1-c1ccccc1NCc1cnccn1. The smallest absolute Gasteiger partial charge is 0.165 e. The molecule has 0 unspecified atom stereocenters. The molecule has 1 aromatic carbocycles. The van der Waals surface area contributed by atoms with Crippen LogP contribution in [0.2, 0.25) is 0 Å². The first-order valence-electron chi connectivity index (χ1n) is 6.27. The molecule has 6 heteroatoms. The van der Waals surface area contributed by atoms with Crippen LogP contribution in [0.4, 0.5) is 5.69 Å². The van der Waals surface area contributed by atoms with Gasteiger partial charge in [0.1, 0.15) is 6.33 Å². The quantitative estimate of drug-likeness (QED) is 0.781. The molecular formula is C14H14N6. The predicted molar refractivity (Wildman–Crippen MR) is 75.8 cm³/mol. The van der Waals surface area contributed by atoms with Gasteiger partial charge in [0.2, 0.25) is 0 Å². The van der Waals surface area contributed by atoms with Crippen LogP contribution >= 0.6 is 0 Å². The number of benzene rings is 1. The first kappa shape index (κ1) is 12.3. The second-order valence-corrected chi connectivity index (χ2v) is 4.36. The number of nitrogens with one attached hydrogen (secondary N) is 1. The number of rotatable bonds is 4. The van der Waals surface area contributed by atoms with Gasteiger partial charge >= 0.3 is 0 Å². The van der Waals surface area contributed by atoms with Crippen LogP contribution in [0.3, 0.4) is 0 Å². The lowest BCUT2D eigenvalue weighted by molar-refractivity contribution is 0.919. The molecule has 0 amide bonds. The third kappa shape index (κ3) is 2.49. The maximum atomic E-state index is 4.25. The highest BCUT2D eigenvalue weighted by Gasteiger charge is 2.09. The van der Waals surface area contributed by atoms with E-state index in [1.54, 1.807) is 24.9 Å². The van der Waals surface area contributed by atoms with Crippen molar-refractivity contribution < 1.29 is 0 Å². The van der Waals surface area contributed by atoms with Gasteiger partial charge in [0.15, 0.2) is 5.82 Å². The summed E-state index contributed by atoms with van der Waals surface area (Å²) >= 11 is 0. The Morgan fingerprint density at radius 3 is 2.85 bits per heavy atom. The Bertz CT molecular complexity index is 692. The predicted octanol–water partition coefficient (Wildman–Crippen LogP) is 1.88. The van der Waals surface area contributed by atoms with Crippen LogP contribution in [0.25, 0.3) is 11.4 Å². The second kappa shape index (κ2) is 5.48. The Hall–Kier alpha value is -2.76. The van der Waals surface area contributed by atoms with Gasteiger partial charge in [-0.2, -0.15) is 0 Å². The van der Waals surface area contributed by atoms with Crippen LogP contribution in [-0.2, 0) is 13.6 Å². The van der Waals surface area contributed by atoms with Crippen molar-refractivity contribution in [3.63, 3.8) is 0 Å². The molecule has 0 aliphatic heterocycles. The minimum absolute atomic E-state index is 0.614. The minimum Gasteiger partial charge on any atom is -0.379 e. The zero-order valence-corrected chi connectivity index (χ0v) is 11.1. The summed E-state index contributed by atoms with van der Waals surface area (Å²) in [5.74, 6) is 0.826. The normalized spacial score (nSPS) is 10.4. The molecule has 0 saturated heterocycles. The van der Waals surface area contributed by atoms with E-state index in [0.29, 0.717) is 6.54 Å². The molecule has 3 aromatic rings. The van der Waals surface area contributed by atoms with E-state index in [1.165, 1.54) is 0 Å². The summed E-state index contributed by atoms with van der Waals surface area (Å²) in [5.41, 5.74) is 2.89. The van der Waals surface area contributed by atoms with E-state index in [2.05, 4.69) is 25.5 Å². The molecule has 0 aliphatic carbocycles. The van der Waals surface area contributed by atoms with E-state index in [1.807, 2.05) is 35.9 Å². The van der Waals surface area contributed by atoms with Gasteiger partial charge in [0.25, 0.3) is 0 Å². The third-order valence-corrected chi connectivity index (χ3v) is 2.96. The molecule has 0 bridgehead atoms. The van der Waals surface area contributed by atoms with Gasteiger partial charge in [0.05, 0.1) is 18.4 Å². The lowest BCUT2D eigenvalue weighted by Gasteiger charge is -2.10. The van der Waals surface area contributed by atoms with Crippen molar-refractivity contribution in [1.29, 1.82) is 0 Å². The summed E-state index contributed by atoms with van der Waals surface area (Å²) < 4.78 is 1.89. The second-order valence-electron chi connectivity index (χ2n) is 4.36. The van der Waals surface area contributed by atoms with Gasteiger partial charge in [-0.3, -0.25) is 9.97 Å². The highest BCUT2D eigenvalue weighted by Crippen LogP contribution is 2.25. The number of nitrogens with zero attached hydrogens (tertiary/aromatic N) is 5. The number of para-hydroxylation sites is 1. The largest absolute Gasteiger partial charge is 0.379 e. The summed E-state index contributed by atoms with van der Waals surface area (Å²) in [5, 5.41) is 11.4. The van der Waals surface area contributed by atoms with Gasteiger partial charge in [-0.15, -0.1) is 10.2 Å². The van der Waals surface area contributed by atoms with Crippen molar-refractivity contribution in [3.8, 4) is 11.4 Å². The topological polar surface area (TPSA) is 68.5 Å². The molecule has 6 nitrogen and oxygen atoms in total. The minimum atomic E-state index is 0.614. The molecule has 0 atom stereocenters. The monoisotopic (exact) mass is 266 g/mol. The van der Waals surface area contributed by atoms with Crippen molar-refractivity contribution in [3.05, 3.63) is 54.9 Å². The standard InChI is InChI=1S/C14H14N6/c1-20-10-18-19-14(20)12-4-2-3-5-13(12)17-9-11-8-15-6-7-16-11/h2-8,10,17H,9H2,1H3. The zero-order chi connectivity index (χ0) is 13.8. The van der Waals surface area contributed by atoms with E-state index in [4.69, 9.17) is 0 Å². The van der Waals surface area contributed by atoms with Crippen molar-refractivity contribution in [2.75, 3.05) is 5.32 Å². The molecule has 20 heavy (non-hydrogen) atoms.